The molecule has 1 N–H and O–H groups in total. The van der Waals surface area contributed by atoms with E-state index >= 15 is 0 Å². The van der Waals surface area contributed by atoms with Gasteiger partial charge in [0.25, 0.3) is 0 Å². The number of aryl methyl sites for hydroxylation is 1. The van der Waals surface area contributed by atoms with E-state index in [4.69, 9.17) is 4.74 Å². The van der Waals surface area contributed by atoms with Crippen LogP contribution in [0.2, 0.25) is 0 Å². The molecule has 3 rings (SSSR count). The van der Waals surface area contributed by atoms with E-state index in [-0.39, 0.29) is 0 Å². The molecule has 21 heavy (non-hydrogen) atoms. The summed E-state index contributed by atoms with van der Waals surface area (Å²) in [6, 6.07) is 7.14. The molecule has 1 fully saturated rings. The molecule has 2 aliphatic rings. The van der Waals surface area contributed by atoms with Gasteiger partial charge in [-0.05, 0) is 61.6 Å². The smallest absolute Gasteiger partial charge is 0.119 e. The number of benzene rings is 1. The van der Waals surface area contributed by atoms with Gasteiger partial charge in [-0.25, -0.2) is 0 Å². The lowest BCUT2D eigenvalue weighted by molar-refractivity contribution is 0.406. The van der Waals surface area contributed by atoms with Crippen LogP contribution in [0.3, 0.4) is 0 Å². The summed E-state index contributed by atoms with van der Waals surface area (Å²) in [6.07, 6.45) is 11.6. The number of ether oxygens (including phenoxy) is 1. The Bertz CT molecular complexity index is 482. The summed E-state index contributed by atoms with van der Waals surface area (Å²) in [5.74, 6) is 0.991. The molecule has 0 amide bonds. The van der Waals surface area contributed by atoms with Crippen molar-refractivity contribution in [1.82, 2.24) is 5.32 Å². The molecule has 0 spiro atoms. The largest absolute Gasteiger partial charge is 0.497 e. The van der Waals surface area contributed by atoms with Crippen LogP contribution >= 0.6 is 11.8 Å². The van der Waals surface area contributed by atoms with Crippen molar-refractivity contribution in [2.24, 2.45) is 0 Å². The van der Waals surface area contributed by atoms with Crippen LogP contribution in [0.1, 0.15) is 55.7 Å². The van der Waals surface area contributed by atoms with Crippen molar-refractivity contribution in [3.8, 4) is 5.75 Å². The van der Waals surface area contributed by atoms with Gasteiger partial charge in [0.05, 0.1) is 7.11 Å². The fourth-order valence-corrected chi connectivity index (χ4v) is 4.84. The molecule has 2 nitrogen and oxygen atoms in total. The quantitative estimate of drug-likeness (QED) is 0.874. The van der Waals surface area contributed by atoms with E-state index in [9.17, 15) is 0 Å². The monoisotopic (exact) mass is 305 g/mol. The van der Waals surface area contributed by atoms with Gasteiger partial charge in [-0.15, -0.1) is 0 Å². The number of hydrogen-bond donors (Lipinski definition) is 1. The standard InChI is InChI=1S/C18H27NOS/c1-20-15-8-9-16-14(12-15)6-5-7-17(16)19-13-18(21-2)10-3-4-11-18/h8-9,12,17,19H,3-7,10-11,13H2,1-2H3. The Labute approximate surface area is 133 Å². The lowest BCUT2D eigenvalue weighted by atomic mass is 9.87. The van der Waals surface area contributed by atoms with E-state index in [1.165, 1.54) is 56.1 Å². The second-order valence-electron chi connectivity index (χ2n) is 6.48. The first kappa shape index (κ1) is 15.2. The number of hydrogen-bond acceptors (Lipinski definition) is 3. The van der Waals surface area contributed by atoms with E-state index in [1.54, 1.807) is 7.11 Å². The number of rotatable bonds is 5. The Balaban J connectivity index is 1.70. The molecule has 0 radical (unpaired) electrons. The van der Waals surface area contributed by atoms with Crippen LogP contribution in [0.15, 0.2) is 18.2 Å². The first-order valence-electron chi connectivity index (χ1n) is 8.22. The predicted molar refractivity (Wildman–Crippen MR) is 91.4 cm³/mol. The van der Waals surface area contributed by atoms with E-state index in [0.717, 1.165) is 12.3 Å². The first-order chi connectivity index (χ1) is 10.3. The van der Waals surface area contributed by atoms with E-state index < -0.39 is 0 Å². The Morgan fingerprint density at radius 3 is 2.81 bits per heavy atom. The molecule has 3 heteroatoms. The summed E-state index contributed by atoms with van der Waals surface area (Å²) in [5.41, 5.74) is 2.97. The van der Waals surface area contributed by atoms with Crippen LogP contribution in [0.5, 0.6) is 5.75 Å². The van der Waals surface area contributed by atoms with Crippen LogP contribution in [0.25, 0.3) is 0 Å². The predicted octanol–water partition coefficient (Wildman–Crippen LogP) is 4.34. The molecule has 1 unspecified atom stereocenters. The average Bonchev–Trinajstić information content (AvgIpc) is 3.01. The second-order valence-corrected chi connectivity index (χ2v) is 7.76. The van der Waals surface area contributed by atoms with Crippen LogP contribution in [-0.4, -0.2) is 24.7 Å². The highest BCUT2D eigenvalue weighted by atomic mass is 32.2. The highest BCUT2D eigenvalue weighted by Gasteiger charge is 2.33. The Morgan fingerprint density at radius 1 is 1.29 bits per heavy atom. The lowest BCUT2D eigenvalue weighted by Crippen LogP contribution is -2.38. The van der Waals surface area contributed by atoms with Crippen LogP contribution < -0.4 is 10.1 Å². The van der Waals surface area contributed by atoms with Gasteiger partial charge in [0, 0.05) is 17.3 Å². The third-order valence-electron chi connectivity index (χ3n) is 5.28. The van der Waals surface area contributed by atoms with Crippen molar-refractivity contribution >= 4 is 11.8 Å². The maximum Gasteiger partial charge on any atom is 0.119 e. The maximum atomic E-state index is 5.37. The number of methoxy groups -OCH3 is 1. The van der Waals surface area contributed by atoms with Crippen LogP contribution in [0.4, 0.5) is 0 Å². The Morgan fingerprint density at radius 2 is 2.10 bits per heavy atom. The summed E-state index contributed by atoms with van der Waals surface area (Å²) < 4.78 is 5.86. The number of thioether (sulfide) groups is 1. The molecule has 0 heterocycles. The molecule has 0 bridgehead atoms. The summed E-state index contributed by atoms with van der Waals surface area (Å²) in [5, 5.41) is 3.89. The minimum atomic E-state index is 0.490. The summed E-state index contributed by atoms with van der Waals surface area (Å²) in [7, 11) is 1.75. The summed E-state index contributed by atoms with van der Waals surface area (Å²) in [6.45, 7) is 1.16. The molecule has 1 aromatic rings. The SMILES string of the molecule is COc1ccc2c(c1)CCCC2NCC1(SC)CCCC1. The summed E-state index contributed by atoms with van der Waals surface area (Å²) >= 11 is 2.07. The molecule has 0 aliphatic heterocycles. The molecule has 0 saturated heterocycles. The first-order valence-corrected chi connectivity index (χ1v) is 9.44. The van der Waals surface area contributed by atoms with Crippen molar-refractivity contribution in [3.63, 3.8) is 0 Å². The van der Waals surface area contributed by atoms with Gasteiger partial charge < -0.3 is 10.1 Å². The molecule has 1 aromatic carbocycles. The fourth-order valence-electron chi connectivity index (χ4n) is 3.91. The zero-order valence-electron chi connectivity index (χ0n) is 13.3. The Kier molecular flexibility index (Phi) is 4.80. The highest BCUT2D eigenvalue weighted by Crippen LogP contribution is 2.41. The molecule has 2 aliphatic carbocycles. The van der Waals surface area contributed by atoms with Gasteiger partial charge in [0.15, 0.2) is 0 Å². The number of nitrogens with one attached hydrogen (secondary N) is 1. The third-order valence-corrected chi connectivity index (χ3v) is 6.70. The molecular formula is C18H27NOS. The van der Waals surface area contributed by atoms with Crippen molar-refractivity contribution in [1.29, 1.82) is 0 Å². The molecule has 1 saturated carbocycles. The third kappa shape index (κ3) is 3.24. The second kappa shape index (κ2) is 6.62. The minimum Gasteiger partial charge on any atom is -0.497 e. The van der Waals surface area contributed by atoms with Gasteiger partial charge in [-0.1, -0.05) is 18.9 Å². The van der Waals surface area contributed by atoms with E-state index in [2.05, 4.69) is 41.5 Å². The number of fused-ring (bicyclic) bond motifs is 1. The van der Waals surface area contributed by atoms with Crippen molar-refractivity contribution in [2.45, 2.75) is 55.7 Å². The lowest BCUT2D eigenvalue weighted by Gasteiger charge is -2.33. The Hall–Kier alpha value is -0.670. The van der Waals surface area contributed by atoms with Crippen molar-refractivity contribution < 1.29 is 4.74 Å². The van der Waals surface area contributed by atoms with E-state index in [1.807, 2.05) is 0 Å². The molecule has 0 aromatic heterocycles. The van der Waals surface area contributed by atoms with Crippen LogP contribution in [0, 0.1) is 0 Å². The van der Waals surface area contributed by atoms with Gasteiger partial charge in [0.1, 0.15) is 5.75 Å². The molecule has 116 valence electrons. The zero-order chi connectivity index (χ0) is 14.7. The topological polar surface area (TPSA) is 21.3 Å². The van der Waals surface area contributed by atoms with Gasteiger partial charge in [-0.2, -0.15) is 11.8 Å². The zero-order valence-corrected chi connectivity index (χ0v) is 14.1. The molecule has 1 atom stereocenters. The van der Waals surface area contributed by atoms with Gasteiger partial charge in [-0.3, -0.25) is 0 Å². The van der Waals surface area contributed by atoms with Gasteiger partial charge >= 0.3 is 0 Å². The maximum absolute atomic E-state index is 5.37. The van der Waals surface area contributed by atoms with E-state index in [0.29, 0.717) is 10.8 Å². The summed E-state index contributed by atoms with van der Waals surface area (Å²) in [4.78, 5) is 0. The average molecular weight is 305 g/mol. The minimum absolute atomic E-state index is 0.490. The fraction of sp³-hybridized carbons (Fsp3) is 0.667. The van der Waals surface area contributed by atoms with Crippen molar-refractivity contribution in [3.05, 3.63) is 29.3 Å². The molecular weight excluding hydrogens is 278 g/mol. The highest BCUT2D eigenvalue weighted by molar-refractivity contribution is 8.00. The normalized spacial score (nSPS) is 23.8. The van der Waals surface area contributed by atoms with Gasteiger partial charge in [0.2, 0.25) is 0 Å². The van der Waals surface area contributed by atoms with Crippen molar-refractivity contribution in [2.75, 3.05) is 19.9 Å². The van der Waals surface area contributed by atoms with Crippen LogP contribution in [-0.2, 0) is 6.42 Å².